The van der Waals surface area contributed by atoms with Gasteiger partial charge in [-0.25, -0.2) is 4.98 Å². The van der Waals surface area contributed by atoms with Crippen LogP contribution in [0, 0.1) is 0 Å². The first-order valence-electron chi connectivity index (χ1n) is 8.76. The molecule has 1 heterocycles. The van der Waals surface area contributed by atoms with Crippen molar-refractivity contribution >= 4 is 5.91 Å². The number of hydrogen-bond donors (Lipinski definition) is 1. The topological polar surface area (TPSA) is 92.1 Å². The standard InChI is InChI=1S/C21H22N2O6/c1-25-15-7-5-14(6-8-15)19-18(23-12-29-19)21(24)22-11-13-9-16(26-2)20(28-4)17(10-13)27-3/h5-10,12H,11H2,1-4H3,(H,22,24). The van der Waals surface area contributed by atoms with Gasteiger partial charge in [-0.15, -0.1) is 0 Å². The van der Waals surface area contributed by atoms with Gasteiger partial charge in [0.1, 0.15) is 5.75 Å². The molecule has 0 fully saturated rings. The fourth-order valence-corrected chi connectivity index (χ4v) is 2.86. The molecule has 0 unspecified atom stereocenters. The van der Waals surface area contributed by atoms with Crippen molar-refractivity contribution in [1.29, 1.82) is 0 Å². The van der Waals surface area contributed by atoms with E-state index >= 15 is 0 Å². The summed E-state index contributed by atoms with van der Waals surface area (Å²) in [6.07, 6.45) is 1.24. The highest BCUT2D eigenvalue weighted by molar-refractivity contribution is 5.97. The molecule has 29 heavy (non-hydrogen) atoms. The molecule has 1 N–H and O–H groups in total. The molecule has 0 saturated heterocycles. The Kier molecular flexibility index (Phi) is 6.23. The van der Waals surface area contributed by atoms with Crippen molar-refractivity contribution in [3.05, 3.63) is 54.0 Å². The highest BCUT2D eigenvalue weighted by atomic mass is 16.5. The molecule has 0 atom stereocenters. The number of nitrogens with zero attached hydrogens (tertiary/aromatic N) is 1. The molecule has 0 radical (unpaired) electrons. The van der Waals surface area contributed by atoms with E-state index < -0.39 is 0 Å². The van der Waals surface area contributed by atoms with Gasteiger partial charge in [0, 0.05) is 12.1 Å². The van der Waals surface area contributed by atoms with Crippen LogP contribution in [-0.2, 0) is 6.54 Å². The van der Waals surface area contributed by atoms with E-state index in [-0.39, 0.29) is 18.1 Å². The summed E-state index contributed by atoms with van der Waals surface area (Å²) >= 11 is 0. The minimum Gasteiger partial charge on any atom is -0.497 e. The number of amides is 1. The predicted octanol–water partition coefficient (Wildman–Crippen LogP) is 3.31. The molecule has 3 rings (SSSR count). The van der Waals surface area contributed by atoms with Crippen LogP contribution in [0.2, 0.25) is 0 Å². The van der Waals surface area contributed by atoms with Crippen molar-refractivity contribution in [2.24, 2.45) is 0 Å². The molecule has 8 heteroatoms. The Bertz CT molecular complexity index is 956. The monoisotopic (exact) mass is 398 g/mol. The molecular formula is C21H22N2O6. The smallest absolute Gasteiger partial charge is 0.274 e. The first-order valence-corrected chi connectivity index (χ1v) is 8.76. The molecule has 8 nitrogen and oxygen atoms in total. The second kappa shape index (κ2) is 9.01. The van der Waals surface area contributed by atoms with Gasteiger partial charge in [0.2, 0.25) is 5.75 Å². The van der Waals surface area contributed by atoms with Crippen LogP contribution in [0.1, 0.15) is 16.1 Å². The number of nitrogens with one attached hydrogen (secondary N) is 1. The van der Waals surface area contributed by atoms with Gasteiger partial charge >= 0.3 is 0 Å². The fraction of sp³-hybridized carbons (Fsp3) is 0.238. The lowest BCUT2D eigenvalue weighted by molar-refractivity contribution is 0.0946. The van der Waals surface area contributed by atoms with Crippen molar-refractivity contribution in [2.45, 2.75) is 6.54 Å². The van der Waals surface area contributed by atoms with Crippen LogP contribution in [0.25, 0.3) is 11.3 Å². The molecule has 0 aliphatic rings. The van der Waals surface area contributed by atoms with Crippen LogP contribution >= 0.6 is 0 Å². The van der Waals surface area contributed by atoms with Crippen molar-refractivity contribution in [2.75, 3.05) is 28.4 Å². The maximum Gasteiger partial charge on any atom is 0.274 e. The predicted molar refractivity (Wildman–Crippen MR) is 106 cm³/mol. The second-order valence-corrected chi connectivity index (χ2v) is 5.97. The Morgan fingerprint density at radius 1 is 0.966 bits per heavy atom. The van der Waals surface area contributed by atoms with E-state index in [0.29, 0.717) is 28.8 Å². The minimum absolute atomic E-state index is 0.197. The lowest BCUT2D eigenvalue weighted by Crippen LogP contribution is -2.23. The Labute approximate surface area is 168 Å². The maximum atomic E-state index is 12.7. The lowest BCUT2D eigenvalue weighted by atomic mass is 10.1. The van der Waals surface area contributed by atoms with E-state index in [0.717, 1.165) is 11.1 Å². The van der Waals surface area contributed by atoms with Crippen molar-refractivity contribution in [1.82, 2.24) is 10.3 Å². The van der Waals surface area contributed by atoms with E-state index in [1.165, 1.54) is 27.7 Å². The Morgan fingerprint density at radius 2 is 1.62 bits per heavy atom. The van der Waals surface area contributed by atoms with Crippen LogP contribution in [0.15, 0.2) is 47.2 Å². The summed E-state index contributed by atoms with van der Waals surface area (Å²) in [5, 5.41) is 2.84. The van der Waals surface area contributed by atoms with E-state index in [1.54, 1.807) is 43.5 Å². The summed E-state index contributed by atoms with van der Waals surface area (Å²) < 4.78 is 26.6. The largest absolute Gasteiger partial charge is 0.497 e. The summed E-state index contributed by atoms with van der Waals surface area (Å²) in [7, 11) is 6.20. The average molecular weight is 398 g/mol. The average Bonchev–Trinajstić information content (AvgIpc) is 3.26. The number of benzene rings is 2. The van der Waals surface area contributed by atoms with Crippen molar-refractivity contribution < 1.29 is 28.2 Å². The minimum atomic E-state index is -0.363. The zero-order valence-electron chi connectivity index (χ0n) is 16.6. The van der Waals surface area contributed by atoms with Gasteiger partial charge in [0.15, 0.2) is 29.3 Å². The molecule has 0 aliphatic carbocycles. The molecule has 1 aromatic heterocycles. The van der Waals surface area contributed by atoms with E-state index in [2.05, 4.69) is 10.3 Å². The number of methoxy groups -OCH3 is 4. The molecule has 0 bridgehead atoms. The number of hydrogen-bond acceptors (Lipinski definition) is 7. The zero-order valence-corrected chi connectivity index (χ0v) is 16.6. The molecule has 152 valence electrons. The van der Waals surface area contributed by atoms with Crippen LogP contribution < -0.4 is 24.3 Å². The van der Waals surface area contributed by atoms with E-state index in [9.17, 15) is 4.79 Å². The molecular weight excluding hydrogens is 376 g/mol. The number of aromatic nitrogens is 1. The van der Waals surface area contributed by atoms with Crippen molar-refractivity contribution in [3.63, 3.8) is 0 Å². The first kappa shape index (κ1) is 20.1. The molecule has 2 aromatic carbocycles. The maximum absolute atomic E-state index is 12.7. The van der Waals surface area contributed by atoms with Gasteiger partial charge in [-0.05, 0) is 42.0 Å². The van der Waals surface area contributed by atoms with Gasteiger partial charge in [0.05, 0.1) is 28.4 Å². The van der Waals surface area contributed by atoms with E-state index in [1.807, 2.05) is 0 Å². The molecule has 0 saturated carbocycles. The van der Waals surface area contributed by atoms with Crippen LogP contribution in [0.5, 0.6) is 23.0 Å². The number of oxazole rings is 1. The van der Waals surface area contributed by atoms with Crippen LogP contribution in [0.4, 0.5) is 0 Å². The second-order valence-electron chi connectivity index (χ2n) is 5.97. The molecule has 0 aliphatic heterocycles. The van der Waals surface area contributed by atoms with E-state index in [4.69, 9.17) is 23.4 Å². The first-order chi connectivity index (χ1) is 14.1. The zero-order chi connectivity index (χ0) is 20.8. The number of ether oxygens (including phenoxy) is 4. The Hall–Kier alpha value is -3.68. The van der Waals surface area contributed by atoms with Crippen LogP contribution in [-0.4, -0.2) is 39.3 Å². The highest BCUT2D eigenvalue weighted by Crippen LogP contribution is 2.38. The van der Waals surface area contributed by atoms with Gasteiger partial charge in [0.25, 0.3) is 5.91 Å². The summed E-state index contributed by atoms with van der Waals surface area (Å²) in [5.74, 6) is 2.24. The van der Waals surface area contributed by atoms with Gasteiger partial charge in [-0.2, -0.15) is 0 Å². The fourth-order valence-electron chi connectivity index (χ4n) is 2.86. The highest BCUT2D eigenvalue weighted by Gasteiger charge is 2.19. The molecule has 0 spiro atoms. The Balaban J connectivity index is 1.78. The summed E-state index contributed by atoms with van der Waals surface area (Å²) in [5.41, 5.74) is 1.70. The third-order valence-corrected chi connectivity index (χ3v) is 4.31. The third-order valence-electron chi connectivity index (χ3n) is 4.31. The number of carbonyl (C=O) groups excluding carboxylic acids is 1. The molecule has 1 amide bonds. The van der Waals surface area contributed by atoms with Crippen LogP contribution in [0.3, 0.4) is 0 Å². The lowest BCUT2D eigenvalue weighted by Gasteiger charge is -2.14. The number of carbonyl (C=O) groups is 1. The van der Waals surface area contributed by atoms with Crippen molar-refractivity contribution in [3.8, 4) is 34.3 Å². The normalized spacial score (nSPS) is 10.3. The van der Waals surface area contributed by atoms with Gasteiger partial charge in [-0.1, -0.05) is 0 Å². The Morgan fingerprint density at radius 3 is 2.17 bits per heavy atom. The van der Waals surface area contributed by atoms with Gasteiger partial charge in [-0.3, -0.25) is 4.79 Å². The molecule has 3 aromatic rings. The summed E-state index contributed by atoms with van der Waals surface area (Å²) in [6.45, 7) is 0.241. The summed E-state index contributed by atoms with van der Waals surface area (Å²) in [4.78, 5) is 16.7. The van der Waals surface area contributed by atoms with Gasteiger partial charge < -0.3 is 28.7 Å². The number of rotatable bonds is 8. The summed E-state index contributed by atoms with van der Waals surface area (Å²) in [6, 6.07) is 10.7. The quantitative estimate of drug-likeness (QED) is 0.622. The third kappa shape index (κ3) is 4.26. The SMILES string of the molecule is COc1ccc(-c2ocnc2C(=O)NCc2cc(OC)c(OC)c(OC)c2)cc1.